The molecule has 7 nitrogen and oxygen atoms in total. The molecule has 1 N–H and O–H groups in total. The summed E-state index contributed by atoms with van der Waals surface area (Å²) in [5.74, 6) is 0. The van der Waals surface area contributed by atoms with Crippen LogP contribution in [-0.4, -0.2) is 23.4 Å². The number of hydrazone groups is 2. The lowest BCUT2D eigenvalue weighted by molar-refractivity contribution is -0.384. The first kappa shape index (κ1) is 18.4. The average molecular weight is 385 g/mol. The summed E-state index contributed by atoms with van der Waals surface area (Å²) in [6.07, 6.45) is 2.54. The fourth-order valence-electron chi connectivity index (χ4n) is 3.11. The molecule has 0 aliphatic carbocycles. The number of nitrogens with zero attached hydrogens (tertiary/aromatic N) is 4. The summed E-state index contributed by atoms with van der Waals surface area (Å²) >= 11 is 0. The molecule has 0 saturated heterocycles. The standard InChI is InChI=1S/C22H19N5O2/c28-27(29)22-9-5-4-8-21(22)24-23-16-17-10-12-19(13-11-17)26-15-14-20(25-26)18-6-2-1-3-7-18/h1-13,16,24H,14-15H2/b23-16+. The number of hydrogen-bond acceptors (Lipinski definition) is 6. The zero-order valence-electron chi connectivity index (χ0n) is 15.6. The largest absolute Gasteiger partial charge is 0.294 e. The summed E-state index contributed by atoms with van der Waals surface area (Å²) in [4.78, 5) is 10.6. The maximum Gasteiger partial charge on any atom is 0.294 e. The number of nitrogens with one attached hydrogen (secondary N) is 1. The molecule has 4 rings (SSSR count). The SMILES string of the molecule is O=[N+]([O-])c1ccccc1N/N=C/c1ccc(N2CCC(c3ccccc3)=N2)cc1. The van der Waals surface area contributed by atoms with Gasteiger partial charge in [0.15, 0.2) is 0 Å². The fraction of sp³-hybridized carbons (Fsp3) is 0.0909. The van der Waals surface area contributed by atoms with Crippen molar-refractivity contribution in [2.75, 3.05) is 17.0 Å². The molecule has 144 valence electrons. The minimum absolute atomic E-state index is 0.0129. The highest BCUT2D eigenvalue weighted by Crippen LogP contribution is 2.24. The molecule has 3 aromatic rings. The van der Waals surface area contributed by atoms with E-state index >= 15 is 0 Å². The van der Waals surface area contributed by atoms with Crippen molar-refractivity contribution in [2.45, 2.75) is 6.42 Å². The molecule has 1 aliphatic rings. The second kappa shape index (κ2) is 8.35. The number of anilines is 2. The van der Waals surface area contributed by atoms with Crippen LogP contribution in [0.1, 0.15) is 17.5 Å². The Morgan fingerprint density at radius 2 is 1.72 bits per heavy atom. The van der Waals surface area contributed by atoms with Crippen LogP contribution in [0.2, 0.25) is 0 Å². The molecule has 0 fully saturated rings. The van der Waals surface area contributed by atoms with Crippen LogP contribution in [0.4, 0.5) is 17.1 Å². The van der Waals surface area contributed by atoms with E-state index in [4.69, 9.17) is 5.10 Å². The van der Waals surface area contributed by atoms with Gasteiger partial charge in [-0.3, -0.25) is 20.5 Å². The van der Waals surface area contributed by atoms with Gasteiger partial charge in [-0.25, -0.2) is 0 Å². The van der Waals surface area contributed by atoms with Gasteiger partial charge in [-0.05, 0) is 29.3 Å². The van der Waals surface area contributed by atoms with Gasteiger partial charge in [0.05, 0.1) is 22.5 Å². The quantitative estimate of drug-likeness (QED) is 0.380. The van der Waals surface area contributed by atoms with E-state index < -0.39 is 4.92 Å². The van der Waals surface area contributed by atoms with Crippen molar-refractivity contribution in [2.24, 2.45) is 10.2 Å². The maximum atomic E-state index is 11.0. The zero-order valence-corrected chi connectivity index (χ0v) is 15.6. The zero-order chi connectivity index (χ0) is 20.1. The van der Waals surface area contributed by atoms with Crippen molar-refractivity contribution in [1.29, 1.82) is 0 Å². The van der Waals surface area contributed by atoms with Gasteiger partial charge < -0.3 is 0 Å². The van der Waals surface area contributed by atoms with Crippen LogP contribution in [0.3, 0.4) is 0 Å². The molecule has 29 heavy (non-hydrogen) atoms. The van der Waals surface area contributed by atoms with E-state index in [2.05, 4.69) is 22.7 Å². The number of benzene rings is 3. The van der Waals surface area contributed by atoms with Crippen LogP contribution >= 0.6 is 0 Å². The van der Waals surface area contributed by atoms with Crippen LogP contribution in [-0.2, 0) is 0 Å². The third-order valence-corrected chi connectivity index (χ3v) is 4.60. The second-order valence-corrected chi connectivity index (χ2v) is 6.52. The van der Waals surface area contributed by atoms with Crippen molar-refractivity contribution in [1.82, 2.24) is 0 Å². The molecule has 0 spiro atoms. The van der Waals surface area contributed by atoms with Crippen molar-refractivity contribution in [3.05, 3.63) is 100 Å². The summed E-state index contributed by atoms with van der Waals surface area (Å²) in [6.45, 7) is 0.844. The van der Waals surface area contributed by atoms with Crippen molar-refractivity contribution in [3.63, 3.8) is 0 Å². The van der Waals surface area contributed by atoms with Crippen LogP contribution in [0.25, 0.3) is 0 Å². The first-order valence-electron chi connectivity index (χ1n) is 9.24. The summed E-state index contributed by atoms with van der Waals surface area (Å²) < 4.78 is 0. The maximum absolute atomic E-state index is 11.0. The van der Waals surface area contributed by atoms with Gasteiger partial charge in [0, 0.05) is 19.0 Å². The Labute approximate surface area is 168 Å². The Hall–Kier alpha value is -4.00. The van der Waals surface area contributed by atoms with Crippen molar-refractivity contribution >= 4 is 29.0 Å². The molecule has 0 radical (unpaired) electrons. The number of nitro benzene ring substituents is 1. The molecular weight excluding hydrogens is 366 g/mol. The average Bonchev–Trinajstić information content (AvgIpc) is 3.25. The van der Waals surface area contributed by atoms with E-state index in [1.807, 2.05) is 47.5 Å². The van der Waals surface area contributed by atoms with E-state index in [1.54, 1.807) is 24.4 Å². The summed E-state index contributed by atoms with van der Waals surface area (Å²) in [7, 11) is 0. The molecular formula is C22H19N5O2. The molecule has 0 unspecified atom stereocenters. The Morgan fingerprint density at radius 1 is 1.00 bits per heavy atom. The summed E-state index contributed by atoms with van der Waals surface area (Å²) in [5.41, 5.74) is 7.21. The highest BCUT2D eigenvalue weighted by Gasteiger charge is 2.17. The van der Waals surface area contributed by atoms with Crippen LogP contribution < -0.4 is 10.4 Å². The van der Waals surface area contributed by atoms with Gasteiger partial charge in [0.1, 0.15) is 5.69 Å². The smallest absolute Gasteiger partial charge is 0.272 e. The van der Waals surface area contributed by atoms with E-state index in [9.17, 15) is 10.1 Å². The van der Waals surface area contributed by atoms with E-state index in [-0.39, 0.29) is 5.69 Å². The summed E-state index contributed by atoms with van der Waals surface area (Å²) in [6, 6.07) is 24.5. The molecule has 3 aromatic carbocycles. The van der Waals surface area contributed by atoms with Crippen molar-refractivity contribution < 1.29 is 4.92 Å². The topological polar surface area (TPSA) is 83.1 Å². The van der Waals surface area contributed by atoms with Gasteiger partial charge in [0.2, 0.25) is 0 Å². The highest BCUT2D eigenvalue weighted by atomic mass is 16.6. The normalized spacial score (nSPS) is 13.5. The lowest BCUT2D eigenvalue weighted by Crippen LogP contribution is -2.11. The summed E-state index contributed by atoms with van der Waals surface area (Å²) in [5, 5.41) is 21.9. The lowest BCUT2D eigenvalue weighted by atomic mass is 10.1. The van der Waals surface area contributed by atoms with Crippen LogP contribution in [0, 0.1) is 10.1 Å². The monoisotopic (exact) mass is 385 g/mol. The first-order chi connectivity index (χ1) is 14.2. The van der Waals surface area contributed by atoms with Crippen LogP contribution in [0.5, 0.6) is 0 Å². The predicted octanol–water partition coefficient (Wildman–Crippen LogP) is 4.66. The Balaban J connectivity index is 1.42. The van der Waals surface area contributed by atoms with Gasteiger partial charge in [0.25, 0.3) is 5.69 Å². The molecule has 0 saturated carbocycles. The molecule has 0 amide bonds. The Kier molecular flexibility index (Phi) is 5.29. The third-order valence-electron chi connectivity index (χ3n) is 4.60. The highest BCUT2D eigenvalue weighted by molar-refractivity contribution is 6.02. The Morgan fingerprint density at radius 3 is 2.48 bits per heavy atom. The second-order valence-electron chi connectivity index (χ2n) is 6.52. The Bertz CT molecular complexity index is 1060. The van der Waals surface area contributed by atoms with Gasteiger partial charge in [-0.15, -0.1) is 0 Å². The molecule has 0 bridgehead atoms. The van der Waals surface area contributed by atoms with E-state index in [0.29, 0.717) is 5.69 Å². The minimum atomic E-state index is -0.438. The van der Waals surface area contributed by atoms with Gasteiger partial charge in [-0.2, -0.15) is 10.2 Å². The number of para-hydroxylation sites is 2. The molecule has 0 atom stereocenters. The third kappa shape index (κ3) is 4.30. The number of nitro groups is 1. The fourth-order valence-corrected chi connectivity index (χ4v) is 3.11. The van der Waals surface area contributed by atoms with Crippen molar-refractivity contribution in [3.8, 4) is 0 Å². The van der Waals surface area contributed by atoms with E-state index in [1.165, 1.54) is 6.07 Å². The van der Waals surface area contributed by atoms with Gasteiger partial charge >= 0.3 is 0 Å². The predicted molar refractivity (Wildman–Crippen MR) is 116 cm³/mol. The molecule has 1 aliphatic heterocycles. The lowest BCUT2D eigenvalue weighted by Gasteiger charge is -2.13. The minimum Gasteiger partial charge on any atom is -0.272 e. The van der Waals surface area contributed by atoms with E-state index in [0.717, 1.165) is 35.5 Å². The molecule has 7 heteroatoms. The molecule has 1 heterocycles. The van der Waals surface area contributed by atoms with Gasteiger partial charge in [-0.1, -0.05) is 54.6 Å². The molecule has 0 aromatic heterocycles. The first-order valence-corrected chi connectivity index (χ1v) is 9.24. The number of rotatable bonds is 6. The number of hydrogen-bond donors (Lipinski definition) is 1. The van der Waals surface area contributed by atoms with Crippen LogP contribution in [0.15, 0.2) is 89.1 Å².